The molecular weight excluding hydrogens is 300 g/mol. The number of Topliss-reactive ketones (excluding diaryl/α,β-unsaturated/α-hetero) is 1. The maximum Gasteiger partial charge on any atom is 0.410 e. The van der Waals surface area contributed by atoms with E-state index in [0.717, 1.165) is 4.90 Å². The van der Waals surface area contributed by atoms with E-state index in [1.54, 1.807) is 27.7 Å². The molecular formula is C14H21F2NO5. The number of hydrogen-bond donors (Lipinski definition) is 0. The Kier molecular flexibility index (Phi) is 5.85. The minimum absolute atomic E-state index is 0.0628. The van der Waals surface area contributed by atoms with Crippen LogP contribution in [0.25, 0.3) is 0 Å². The molecule has 2 atom stereocenters. The van der Waals surface area contributed by atoms with Crippen molar-refractivity contribution in [2.24, 2.45) is 5.92 Å². The highest BCUT2D eigenvalue weighted by Gasteiger charge is 2.45. The van der Waals surface area contributed by atoms with Gasteiger partial charge in [0.1, 0.15) is 17.6 Å². The van der Waals surface area contributed by atoms with Crippen LogP contribution in [-0.2, 0) is 19.1 Å². The van der Waals surface area contributed by atoms with Gasteiger partial charge in [-0.2, -0.15) is 0 Å². The lowest BCUT2D eigenvalue weighted by Crippen LogP contribution is -2.56. The van der Waals surface area contributed by atoms with E-state index in [9.17, 15) is 23.2 Å². The van der Waals surface area contributed by atoms with Gasteiger partial charge in [-0.3, -0.25) is 14.5 Å². The Hall–Kier alpha value is -1.73. The van der Waals surface area contributed by atoms with Crippen LogP contribution in [0.5, 0.6) is 0 Å². The lowest BCUT2D eigenvalue weighted by atomic mass is 9.91. The van der Waals surface area contributed by atoms with Gasteiger partial charge < -0.3 is 9.47 Å². The van der Waals surface area contributed by atoms with E-state index in [0.29, 0.717) is 0 Å². The summed E-state index contributed by atoms with van der Waals surface area (Å²) < 4.78 is 36.0. The molecule has 6 nitrogen and oxygen atoms in total. The highest BCUT2D eigenvalue weighted by Crippen LogP contribution is 2.26. The molecule has 0 aromatic carbocycles. The molecule has 8 heteroatoms. The second kappa shape index (κ2) is 7.02. The van der Waals surface area contributed by atoms with Crippen LogP contribution >= 0.6 is 0 Å². The number of rotatable bonds is 3. The zero-order valence-electron chi connectivity index (χ0n) is 13.1. The number of carbonyl (C=O) groups excluding carboxylic acids is 3. The molecule has 1 aliphatic heterocycles. The molecule has 0 N–H and O–H groups in total. The van der Waals surface area contributed by atoms with Crippen molar-refractivity contribution in [1.29, 1.82) is 0 Å². The Bertz CT molecular complexity index is 447. The minimum Gasteiger partial charge on any atom is -0.465 e. The van der Waals surface area contributed by atoms with E-state index in [4.69, 9.17) is 9.47 Å². The van der Waals surface area contributed by atoms with E-state index in [2.05, 4.69) is 0 Å². The number of carbonyl (C=O) groups is 3. The van der Waals surface area contributed by atoms with Crippen molar-refractivity contribution in [3.8, 4) is 0 Å². The number of nitrogens with zero attached hydrogens (tertiary/aromatic N) is 1. The van der Waals surface area contributed by atoms with Crippen molar-refractivity contribution < 1.29 is 32.6 Å². The summed E-state index contributed by atoms with van der Waals surface area (Å²) in [5.74, 6) is -2.71. The number of alkyl halides is 2. The molecule has 0 radical (unpaired) electrons. The van der Waals surface area contributed by atoms with E-state index in [1.807, 2.05) is 0 Å². The first kappa shape index (κ1) is 18.3. The van der Waals surface area contributed by atoms with Crippen LogP contribution in [0.3, 0.4) is 0 Å². The summed E-state index contributed by atoms with van der Waals surface area (Å²) in [6.45, 7) is 5.97. The van der Waals surface area contributed by atoms with Gasteiger partial charge in [0.15, 0.2) is 5.78 Å². The summed E-state index contributed by atoms with van der Waals surface area (Å²) in [6.07, 6.45) is -4.47. The second-order valence-corrected chi connectivity index (χ2v) is 6.01. The molecule has 22 heavy (non-hydrogen) atoms. The maximum absolute atomic E-state index is 13.1. The van der Waals surface area contributed by atoms with Crippen molar-refractivity contribution in [2.75, 3.05) is 13.2 Å². The van der Waals surface area contributed by atoms with Crippen LogP contribution in [0.1, 0.15) is 34.1 Å². The van der Waals surface area contributed by atoms with Crippen LogP contribution in [0.2, 0.25) is 0 Å². The predicted octanol–water partition coefficient (Wildman–Crippen LogP) is 2.01. The molecule has 0 aromatic rings. The molecule has 1 fully saturated rings. The number of hydrogen-bond acceptors (Lipinski definition) is 5. The summed E-state index contributed by atoms with van der Waals surface area (Å²) in [5, 5.41) is 0. The zero-order valence-corrected chi connectivity index (χ0v) is 13.1. The summed E-state index contributed by atoms with van der Waals surface area (Å²) in [7, 11) is 0. The average molecular weight is 321 g/mol. The lowest BCUT2D eigenvalue weighted by Gasteiger charge is -2.38. The SMILES string of the molecule is CCOC(=O)C1CN(C(=O)OC(C)(C)C)C(C(F)F)CC1=O. The van der Waals surface area contributed by atoms with Crippen LogP contribution in [-0.4, -0.2) is 54.0 Å². The van der Waals surface area contributed by atoms with Gasteiger partial charge in [-0.25, -0.2) is 13.6 Å². The first-order chi connectivity index (χ1) is 10.1. The molecule has 1 amide bonds. The predicted molar refractivity (Wildman–Crippen MR) is 72.5 cm³/mol. The largest absolute Gasteiger partial charge is 0.465 e. The third-order valence-electron chi connectivity index (χ3n) is 3.07. The van der Waals surface area contributed by atoms with Gasteiger partial charge in [-0.05, 0) is 27.7 Å². The monoisotopic (exact) mass is 321 g/mol. The van der Waals surface area contributed by atoms with E-state index in [1.165, 1.54) is 0 Å². The van der Waals surface area contributed by atoms with Crippen molar-refractivity contribution in [3.05, 3.63) is 0 Å². The summed E-state index contributed by atoms with van der Waals surface area (Å²) in [6, 6.07) is -1.59. The van der Waals surface area contributed by atoms with Gasteiger partial charge in [-0.1, -0.05) is 0 Å². The van der Waals surface area contributed by atoms with E-state index >= 15 is 0 Å². The number of amides is 1. The number of halogens is 2. The van der Waals surface area contributed by atoms with Gasteiger partial charge in [0, 0.05) is 13.0 Å². The van der Waals surface area contributed by atoms with Gasteiger partial charge >= 0.3 is 12.1 Å². The van der Waals surface area contributed by atoms with Crippen LogP contribution in [0, 0.1) is 5.92 Å². The first-order valence-corrected chi connectivity index (χ1v) is 7.04. The number of esters is 1. The molecule has 126 valence electrons. The normalized spacial score (nSPS) is 22.7. The molecule has 0 aromatic heterocycles. The van der Waals surface area contributed by atoms with Gasteiger partial charge in [0.2, 0.25) is 0 Å². The second-order valence-electron chi connectivity index (χ2n) is 6.01. The quantitative estimate of drug-likeness (QED) is 0.587. The number of likely N-dealkylation sites (tertiary alicyclic amines) is 1. The Morgan fingerprint density at radius 1 is 1.36 bits per heavy atom. The average Bonchev–Trinajstić information content (AvgIpc) is 2.36. The third kappa shape index (κ3) is 4.64. The molecule has 1 rings (SSSR count). The Morgan fingerprint density at radius 2 is 1.95 bits per heavy atom. The smallest absolute Gasteiger partial charge is 0.410 e. The van der Waals surface area contributed by atoms with Gasteiger partial charge in [0.25, 0.3) is 6.43 Å². The highest BCUT2D eigenvalue weighted by atomic mass is 19.3. The van der Waals surface area contributed by atoms with Gasteiger partial charge in [0.05, 0.1) is 6.61 Å². The molecule has 1 aliphatic rings. The Labute approximate surface area is 127 Å². The maximum atomic E-state index is 13.1. The highest BCUT2D eigenvalue weighted by molar-refractivity contribution is 6.00. The fourth-order valence-electron chi connectivity index (χ4n) is 2.10. The molecule has 0 aliphatic carbocycles. The van der Waals surface area contributed by atoms with Crippen LogP contribution in [0.15, 0.2) is 0 Å². The summed E-state index contributed by atoms with van der Waals surface area (Å²) >= 11 is 0. The van der Waals surface area contributed by atoms with E-state index in [-0.39, 0.29) is 6.61 Å². The molecule has 1 saturated heterocycles. The minimum atomic E-state index is -2.90. The fourth-order valence-corrected chi connectivity index (χ4v) is 2.10. The van der Waals surface area contributed by atoms with E-state index < -0.39 is 54.8 Å². The lowest BCUT2D eigenvalue weighted by molar-refractivity contribution is -0.156. The Morgan fingerprint density at radius 3 is 2.41 bits per heavy atom. The van der Waals surface area contributed by atoms with Crippen LogP contribution in [0.4, 0.5) is 13.6 Å². The molecule has 1 heterocycles. The molecule has 2 unspecified atom stereocenters. The molecule has 0 spiro atoms. The number of ketones is 1. The first-order valence-electron chi connectivity index (χ1n) is 7.04. The molecule has 0 bridgehead atoms. The third-order valence-corrected chi connectivity index (χ3v) is 3.07. The molecule has 0 saturated carbocycles. The number of ether oxygens (including phenoxy) is 2. The fraction of sp³-hybridized carbons (Fsp3) is 0.786. The van der Waals surface area contributed by atoms with Crippen molar-refractivity contribution >= 4 is 17.8 Å². The standard InChI is InChI=1S/C14H21F2NO5/c1-5-21-12(19)8-7-17(13(20)22-14(2,3)4)9(11(15)16)6-10(8)18/h8-9,11H,5-7H2,1-4H3. The Balaban J connectivity index is 2.95. The summed E-state index contributed by atoms with van der Waals surface area (Å²) in [4.78, 5) is 36.4. The van der Waals surface area contributed by atoms with Crippen molar-refractivity contribution in [3.63, 3.8) is 0 Å². The zero-order chi connectivity index (χ0) is 17.1. The van der Waals surface area contributed by atoms with Gasteiger partial charge in [-0.15, -0.1) is 0 Å². The summed E-state index contributed by atoms with van der Waals surface area (Å²) in [5.41, 5.74) is -0.870. The van der Waals surface area contributed by atoms with Crippen molar-refractivity contribution in [2.45, 2.75) is 52.2 Å². The van der Waals surface area contributed by atoms with Crippen LogP contribution < -0.4 is 0 Å². The van der Waals surface area contributed by atoms with Crippen molar-refractivity contribution in [1.82, 2.24) is 4.90 Å². The number of piperidine rings is 1. The topological polar surface area (TPSA) is 72.9 Å².